The smallest absolute Gasteiger partial charge is 0.248 e. The Kier molecular flexibility index (Phi) is 5.46. The molecule has 0 aliphatic carbocycles. The van der Waals surface area contributed by atoms with Crippen LogP contribution < -0.4 is 10.1 Å². The van der Waals surface area contributed by atoms with Gasteiger partial charge in [0.15, 0.2) is 4.80 Å². The van der Waals surface area contributed by atoms with Crippen molar-refractivity contribution >= 4 is 39.1 Å². The Morgan fingerprint density at radius 3 is 2.82 bits per heavy atom. The van der Waals surface area contributed by atoms with E-state index >= 15 is 0 Å². The molecule has 0 aliphatic heterocycles. The second-order valence-electron chi connectivity index (χ2n) is 4.75. The van der Waals surface area contributed by atoms with Crippen LogP contribution in [-0.4, -0.2) is 30.1 Å². The molecular formula is C15H19N3O3S. The molecule has 0 saturated heterocycles. The molecule has 1 heterocycles. The van der Waals surface area contributed by atoms with Gasteiger partial charge in [0.1, 0.15) is 0 Å². The van der Waals surface area contributed by atoms with Crippen LogP contribution in [0.15, 0.2) is 23.2 Å². The number of ether oxygens (including phenoxy) is 1. The molecule has 7 heteroatoms. The number of amides is 2. The van der Waals surface area contributed by atoms with E-state index in [0.29, 0.717) is 24.4 Å². The van der Waals surface area contributed by atoms with Crippen molar-refractivity contribution in [1.82, 2.24) is 4.57 Å². The molecule has 118 valence electrons. The largest absolute Gasteiger partial charge is 0.383 e. The lowest BCUT2D eigenvalue weighted by Gasteiger charge is -2.05. The summed E-state index contributed by atoms with van der Waals surface area (Å²) in [5.41, 5.74) is 1.70. The molecule has 0 atom stereocenters. The van der Waals surface area contributed by atoms with Gasteiger partial charge in [-0.1, -0.05) is 18.3 Å². The first-order valence-corrected chi connectivity index (χ1v) is 7.84. The maximum Gasteiger partial charge on any atom is 0.248 e. The first-order valence-electron chi connectivity index (χ1n) is 7.02. The van der Waals surface area contributed by atoms with Crippen LogP contribution in [0.4, 0.5) is 5.69 Å². The quantitative estimate of drug-likeness (QED) is 0.917. The molecule has 0 spiro atoms. The zero-order valence-electron chi connectivity index (χ0n) is 12.9. The molecule has 0 radical (unpaired) electrons. The number of carbonyl (C=O) groups is 2. The van der Waals surface area contributed by atoms with E-state index in [1.165, 1.54) is 18.3 Å². The molecule has 0 bridgehead atoms. The zero-order valence-corrected chi connectivity index (χ0v) is 13.7. The molecular weight excluding hydrogens is 302 g/mol. The van der Waals surface area contributed by atoms with Gasteiger partial charge in [-0.15, -0.1) is 0 Å². The summed E-state index contributed by atoms with van der Waals surface area (Å²) in [6, 6.07) is 5.65. The molecule has 1 N–H and O–H groups in total. The van der Waals surface area contributed by atoms with Gasteiger partial charge in [-0.3, -0.25) is 9.59 Å². The fraction of sp³-hybridized carbons (Fsp3) is 0.400. The highest BCUT2D eigenvalue weighted by atomic mass is 32.1. The predicted octanol–water partition coefficient (Wildman–Crippen LogP) is 2.14. The third-order valence-electron chi connectivity index (χ3n) is 3.04. The SMILES string of the molecule is CCC(=O)N=c1sc2cc(NC(C)=O)ccc2n1CCOC. The number of hydrogen-bond donors (Lipinski definition) is 1. The summed E-state index contributed by atoms with van der Waals surface area (Å²) in [5.74, 6) is -0.269. The summed E-state index contributed by atoms with van der Waals surface area (Å²) in [5, 5.41) is 2.76. The fourth-order valence-corrected chi connectivity index (χ4v) is 3.14. The third-order valence-corrected chi connectivity index (χ3v) is 4.09. The van der Waals surface area contributed by atoms with Gasteiger partial charge in [-0.05, 0) is 18.2 Å². The highest BCUT2D eigenvalue weighted by molar-refractivity contribution is 7.16. The molecule has 2 rings (SSSR count). The van der Waals surface area contributed by atoms with Crippen molar-refractivity contribution in [2.75, 3.05) is 19.0 Å². The second kappa shape index (κ2) is 7.33. The first-order chi connectivity index (χ1) is 10.5. The van der Waals surface area contributed by atoms with Crippen LogP contribution in [0.1, 0.15) is 20.3 Å². The summed E-state index contributed by atoms with van der Waals surface area (Å²) in [7, 11) is 1.64. The number of fused-ring (bicyclic) bond motifs is 1. The van der Waals surface area contributed by atoms with Gasteiger partial charge in [0.05, 0.1) is 16.8 Å². The van der Waals surface area contributed by atoms with Crippen LogP contribution in [-0.2, 0) is 20.9 Å². The predicted molar refractivity (Wildman–Crippen MR) is 86.9 cm³/mol. The number of methoxy groups -OCH3 is 1. The van der Waals surface area contributed by atoms with Gasteiger partial charge in [0, 0.05) is 32.7 Å². The van der Waals surface area contributed by atoms with Crippen LogP contribution in [0.2, 0.25) is 0 Å². The third kappa shape index (κ3) is 3.80. The lowest BCUT2D eigenvalue weighted by atomic mass is 10.3. The van der Waals surface area contributed by atoms with Crippen molar-refractivity contribution in [2.45, 2.75) is 26.8 Å². The molecule has 0 aliphatic rings. The van der Waals surface area contributed by atoms with E-state index in [1.807, 2.05) is 22.8 Å². The van der Waals surface area contributed by atoms with Crippen molar-refractivity contribution in [3.05, 3.63) is 23.0 Å². The Bertz CT molecular complexity index is 761. The molecule has 0 saturated carbocycles. The summed E-state index contributed by atoms with van der Waals surface area (Å²) < 4.78 is 8.06. The van der Waals surface area contributed by atoms with E-state index in [-0.39, 0.29) is 11.8 Å². The minimum atomic E-state index is -0.153. The number of nitrogens with zero attached hydrogens (tertiary/aromatic N) is 2. The molecule has 0 unspecified atom stereocenters. The summed E-state index contributed by atoms with van der Waals surface area (Å²) in [4.78, 5) is 27.6. The minimum Gasteiger partial charge on any atom is -0.383 e. The van der Waals surface area contributed by atoms with E-state index in [4.69, 9.17) is 4.74 Å². The van der Waals surface area contributed by atoms with Crippen LogP contribution >= 0.6 is 11.3 Å². The summed E-state index contributed by atoms with van der Waals surface area (Å²) >= 11 is 1.43. The molecule has 6 nitrogen and oxygen atoms in total. The number of anilines is 1. The normalized spacial score (nSPS) is 11.9. The number of thiazole rings is 1. The number of benzene rings is 1. The van der Waals surface area contributed by atoms with Crippen molar-refractivity contribution in [1.29, 1.82) is 0 Å². The molecule has 1 aromatic carbocycles. The molecule has 1 aromatic heterocycles. The van der Waals surface area contributed by atoms with Gasteiger partial charge in [-0.25, -0.2) is 0 Å². The Labute approximate surface area is 132 Å². The van der Waals surface area contributed by atoms with Crippen LogP contribution in [0.5, 0.6) is 0 Å². The Morgan fingerprint density at radius 1 is 1.41 bits per heavy atom. The van der Waals surface area contributed by atoms with E-state index < -0.39 is 0 Å². The van der Waals surface area contributed by atoms with Gasteiger partial charge in [0.2, 0.25) is 11.8 Å². The standard InChI is InChI=1S/C15H19N3O3S/c1-4-14(20)17-15-18(7-8-21-3)12-6-5-11(16-10(2)19)9-13(12)22-15/h5-6,9H,4,7-8H2,1-3H3,(H,16,19). The number of rotatable bonds is 5. The Hall–Kier alpha value is -1.99. The summed E-state index contributed by atoms with van der Waals surface area (Å²) in [6.45, 7) is 4.41. The van der Waals surface area contributed by atoms with Gasteiger partial charge < -0.3 is 14.6 Å². The minimum absolute atomic E-state index is 0.116. The fourth-order valence-electron chi connectivity index (χ4n) is 2.02. The van der Waals surface area contributed by atoms with Crippen molar-refractivity contribution in [3.63, 3.8) is 0 Å². The first kappa shape index (κ1) is 16.4. The van der Waals surface area contributed by atoms with Crippen LogP contribution in [0, 0.1) is 0 Å². The lowest BCUT2D eigenvalue weighted by Crippen LogP contribution is -2.19. The number of aromatic nitrogens is 1. The van der Waals surface area contributed by atoms with E-state index in [1.54, 1.807) is 14.0 Å². The van der Waals surface area contributed by atoms with E-state index in [9.17, 15) is 9.59 Å². The Morgan fingerprint density at radius 2 is 2.18 bits per heavy atom. The topological polar surface area (TPSA) is 72.7 Å². The van der Waals surface area contributed by atoms with Gasteiger partial charge in [0.25, 0.3) is 0 Å². The highest BCUT2D eigenvalue weighted by Gasteiger charge is 2.08. The monoisotopic (exact) mass is 321 g/mol. The second-order valence-corrected chi connectivity index (χ2v) is 5.76. The Balaban J connectivity index is 2.54. The zero-order chi connectivity index (χ0) is 16.1. The van der Waals surface area contributed by atoms with Gasteiger partial charge in [-0.2, -0.15) is 4.99 Å². The van der Waals surface area contributed by atoms with Gasteiger partial charge >= 0.3 is 0 Å². The molecule has 2 aromatic rings. The lowest BCUT2D eigenvalue weighted by molar-refractivity contribution is -0.117. The van der Waals surface area contributed by atoms with Crippen molar-refractivity contribution in [3.8, 4) is 0 Å². The maximum atomic E-state index is 11.6. The van der Waals surface area contributed by atoms with Crippen molar-refractivity contribution < 1.29 is 14.3 Å². The van der Waals surface area contributed by atoms with E-state index in [2.05, 4.69) is 10.3 Å². The number of nitrogens with one attached hydrogen (secondary N) is 1. The number of carbonyl (C=O) groups excluding carboxylic acids is 2. The average Bonchev–Trinajstić information content (AvgIpc) is 2.80. The van der Waals surface area contributed by atoms with Crippen LogP contribution in [0.25, 0.3) is 10.2 Å². The maximum absolute atomic E-state index is 11.6. The molecule has 22 heavy (non-hydrogen) atoms. The van der Waals surface area contributed by atoms with Crippen LogP contribution in [0.3, 0.4) is 0 Å². The molecule has 0 fully saturated rings. The highest BCUT2D eigenvalue weighted by Crippen LogP contribution is 2.22. The number of hydrogen-bond acceptors (Lipinski definition) is 4. The van der Waals surface area contributed by atoms with Crippen molar-refractivity contribution in [2.24, 2.45) is 4.99 Å². The van der Waals surface area contributed by atoms with E-state index in [0.717, 1.165) is 15.9 Å². The summed E-state index contributed by atoms with van der Waals surface area (Å²) in [6.07, 6.45) is 0.371. The average molecular weight is 321 g/mol. The molecule has 2 amide bonds.